The average molecular weight is 288 g/mol. The smallest absolute Gasteiger partial charge is 0.228 e. The Morgan fingerprint density at radius 2 is 1.95 bits per heavy atom. The number of furan rings is 1. The number of pyridine rings is 1. The van der Waals surface area contributed by atoms with Crippen molar-refractivity contribution in [3.63, 3.8) is 0 Å². The number of rotatable bonds is 0. The number of fused-ring (bicyclic) bond motifs is 3. The normalized spacial score (nSPS) is 12.5. The van der Waals surface area contributed by atoms with Gasteiger partial charge in [0.15, 0.2) is 6.20 Å². The molecule has 0 bridgehead atoms. The van der Waals surface area contributed by atoms with Crippen molar-refractivity contribution in [1.29, 1.82) is 0 Å². The molecule has 0 unspecified atom stereocenters. The molecule has 106 valence electrons. The molecule has 0 atom stereocenters. The van der Waals surface area contributed by atoms with Crippen molar-refractivity contribution in [2.45, 2.75) is 6.92 Å². The number of aryl methyl sites for hydroxylation is 2. The summed E-state index contributed by atoms with van der Waals surface area (Å²) in [6.07, 6.45) is 3.84. The summed E-state index contributed by atoms with van der Waals surface area (Å²) in [5, 5.41) is 3.51. The standard InChI is InChI=1S/C19H14NO2/c1-11-13-7-9-21-15(13)10-16-17(11)19-18-12(6-8-20(19)2)4-3-5-14(18)22-16/h3-10H,1-2H3/q+1. The summed E-state index contributed by atoms with van der Waals surface area (Å²) < 4.78 is 13.9. The molecule has 0 saturated heterocycles. The van der Waals surface area contributed by atoms with E-state index in [-0.39, 0.29) is 0 Å². The van der Waals surface area contributed by atoms with E-state index in [1.807, 2.05) is 24.3 Å². The lowest BCUT2D eigenvalue weighted by Crippen LogP contribution is -2.31. The summed E-state index contributed by atoms with van der Waals surface area (Å²) >= 11 is 0. The van der Waals surface area contributed by atoms with Gasteiger partial charge >= 0.3 is 0 Å². The van der Waals surface area contributed by atoms with Crippen LogP contribution < -0.4 is 9.30 Å². The predicted molar refractivity (Wildman–Crippen MR) is 85.1 cm³/mol. The van der Waals surface area contributed by atoms with Gasteiger partial charge in [0.1, 0.15) is 24.1 Å². The lowest BCUT2D eigenvalue weighted by atomic mass is 9.94. The van der Waals surface area contributed by atoms with Crippen molar-refractivity contribution < 1.29 is 13.7 Å². The van der Waals surface area contributed by atoms with Crippen LogP contribution in [-0.4, -0.2) is 0 Å². The number of hydrogen-bond acceptors (Lipinski definition) is 2. The fraction of sp³-hybridized carbons (Fsp3) is 0.105. The van der Waals surface area contributed by atoms with Crippen LogP contribution in [-0.2, 0) is 7.05 Å². The summed E-state index contributed by atoms with van der Waals surface area (Å²) in [5.74, 6) is 1.77. The number of nitrogens with zero attached hydrogens (tertiary/aromatic N) is 1. The zero-order chi connectivity index (χ0) is 14.8. The zero-order valence-electron chi connectivity index (χ0n) is 12.4. The van der Waals surface area contributed by atoms with Gasteiger partial charge in [-0.2, -0.15) is 0 Å². The van der Waals surface area contributed by atoms with Gasteiger partial charge in [0.05, 0.1) is 17.2 Å². The Morgan fingerprint density at radius 3 is 2.86 bits per heavy atom. The molecule has 22 heavy (non-hydrogen) atoms. The van der Waals surface area contributed by atoms with Gasteiger partial charge in [-0.05, 0) is 30.0 Å². The van der Waals surface area contributed by atoms with Crippen LogP contribution in [0.4, 0.5) is 0 Å². The molecule has 0 saturated carbocycles. The minimum Gasteiger partial charge on any atom is -0.464 e. The summed E-state index contributed by atoms with van der Waals surface area (Å²) in [6, 6.07) is 12.3. The molecule has 0 fully saturated rings. The van der Waals surface area contributed by atoms with E-state index in [4.69, 9.17) is 9.15 Å². The number of benzene rings is 2. The van der Waals surface area contributed by atoms with Crippen LogP contribution in [0.5, 0.6) is 11.5 Å². The van der Waals surface area contributed by atoms with E-state index in [0.717, 1.165) is 28.0 Å². The molecule has 0 radical (unpaired) electrons. The van der Waals surface area contributed by atoms with Crippen LogP contribution in [0.3, 0.4) is 0 Å². The van der Waals surface area contributed by atoms with Crippen molar-refractivity contribution in [1.82, 2.24) is 0 Å². The fourth-order valence-corrected chi connectivity index (χ4v) is 3.52. The first kappa shape index (κ1) is 11.8. The first-order valence-electron chi connectivity index (χ1n) is 7.34. The van der Waals surface area contributed by atoms with Crippen LogP contribution in [0.25, 0.3) is 33.0 Å². The second kappa shape index (κ2) is 3.89. The Hall–Kier alpha value is -2.81. The summed E-state index contributed by atoms with van der Waals surface area (Å²) in [6.45, 7) is 2.13. The molecule has 4 aromatic rings. The monoisotopic (exact) mass is 288 g/mol. The Kier molecular flexibility index (Phi) is 2.09. The molecule has 0 amide bonds. The third-order valence-corrected chi connectivity index (χ3v) is 4.57. The maximum Gasteiger partial charge on any atom is 0.228 e. The van der Waals surface area contributed by atoms with Gasteiger partial charge in [-0.1, -0.05) is 12.1 Å². The van der Waals surface area contributed by atoms with Gasteiger partial charge in [-0.15, -0.1) is 0 Å². The van der Waals surface area contributed by atoms with Crippen LogP contribution in [0.1, 0.15) is 5.56 Å². The highest BCUT2D eigenvalue weighted by Crippen LogP contribution is 2.47. The third kappa shape index (κ3) is 1.33. The quantitative estimate of drug-likeness (QED) is 0.392. The first-order valence-corrected chi connectivity index (χ1v) is 7.34. The van der Waals surface area contributed by atoms with Crippen molar-refractivity contribution in [3.05, 3.63) is 54.4 Å². The SMILES string of the molecule is Cc1c2c(cc3occc13)Oc1cccc3cc[n+](C)c-2c13. The molecular weight excluding hydrogens is 274 g/mol. The first-order chi connectivity index (χ1) is 10.7. The lowest BCUT2D eigenvalue weighted by molar-refractivity contribution is -0.659. The van der Waals surface area contributed by atoms with Crippen LogP contribution in [0.2, 0.25) is 0 Å². The average Bonchev–Trinajstić information content (AvgIpc) is 2.99. The fourth-order valence-electron chi connectivity index (χ4n) is 3.52. The second-order valence-corrected chi connectivity index (χ2v) is 5.80. The van der Waals surface area contributed by atoms with Gasteiger partial charge in [-0.25, -0.2) is 4.57 Å². The van der Waals surface area contributed by atoms with Crippen molar-refractivity contribution in [3.8, 4) is 22.8 Å². The maximum absolute atomic E-state index is 6.19. The van der Waals surface area contributed by atoms with E-state index < -0.39 is 0 Å². The van der Waals surface area contributed by atoms with Crippen molar-refractivity contribution >= 4 is 21.7 Å². The van der Waals surface area contributed by atoms with E-state index in [0.29, 0.717) is 0 Å². The minimum absolute atomic E-state index is 0.863. The summed E-state index contributed by atoms with van der Waals surface area (Å²) in [7, 11) is 2.08. The van der Waals surface area contributed by atoms with Gasteiger partial charge in [0, 0.05) is 17.5 Å². The highest BCUT2D eigenvalue weighted by Gasteiger charge is 2.30. The lowest BCUT2D eigenvalue weighted by Gasteiger charge is -2.20. The molecule has 3 heterocycles. The van der Waals surface area contributed by atoms with E-state index in [9.17, 15) is 0 Å². The van der Waals surface area contributed by atoms with Gasteiger partial charge in [0.25, 0.3) is 0 Å². The highest BCUT2D eigenvalue weighted by molar-refractivity contribution is 6.04. The van der Waals surface area contributed by atoms with Crippen molar-refractivity contribution in [2.75, 3.05) is 0 Å². The van der Waals surface area contributed by atoms with E-state index in [1.165, 1.54) is 22.0 Å². The summed E-state index contributed by atoms with van der Waals surface area (Å²) in [4.78, 5) is 0. The van der Waals surface area contributed by atoms with Crippen LogP contribution in [0, 0.1) is 6.92 Å². The molecule has 3 nitrogen and oxygen atoms in total. The Balaban J connectivity index is 2.04. The molecule has 0 aliphatic carbocycles. The molecule has 0 N–H and O–H groups in total. The molecule has 1 aliphatic heterocycles. The van der Waals surface area contributed by atoms with Crippen molar-refractivity contribution in [2.24, 2.45) is 7.05 Å². The van der Waals surface area contributed by atoms with Crippen LogP contribution >= 0.6 is 0 Å². The molecule has 2 aromatic carbocycles. The number of aromatic nitrogens is 1. The van der Waals surface area contributed by atoms with Gasteiger partial charge in [-0.3, -0.25) is 0 Å². The number of ether oxygens (including phenoxy) is 1. The van der Waals surface area contributed by atoms with E-state index in [2.05, 4.69) is 36.9 Å². The molecular formula is C19H14NO2+. The topological polar surface area (TPSA) is 26.2 Å². The van der Waals surface area contributed by atoms with E-state index >= 15 is 0 Å². The summed E-state index contributed by atoms with van der Waals surface area (Å²) in [5.41, 5.74) is 4.42. The largest absolute Gasteiger partial charge is 0.464 e. The Labute approximate surface area is 127 Å². The molecule has 2 aromatic heterocycles. The molecule has 5 rings (SSSR count). The van der Waals surface area contributed by atoms with Crippen LogP contribution in [0.15, 0.2) is 53.3 Å². The minimum atomic E-state index is 0.863. The Bertz CT molecular complexity index is 1080. The van der Waals surface area contributed by atoms with Gasteiger partial charge < -0.3 is 9.15 Å². The predicted octanol–water partition coefficient (Wildman–Crippen LogP) is 4.49. The highest BCUT2D eigenvalue weighted by atomic mass is 16.5. The molecule has 1 aliphatic rings. The third-order valence-electron chi connectivity index (χ3n) is 4.57. The zero-order valence-corrected chi connectivity index (χ0v) is 12.4. The van der Waals surface area contributed by atoms with E-state index in [1.54, 1.807) is 6.26 Å². The molecule has 0 spiro atoms. The Morgan fingerprint density at radius 1 is 1.05 bits per heavy atom. The van der Waals surface area contributed by atoms with Gasteiger partial charge in [0.2, 0.25) is 5.69 Å². The second-order valence-electron chi connectivity index (χ2n) is 5.80. The maximum atomic E-state index is 6.19. The molecule has 3 heteroatoms. The number of hydrogen-bond donors (Lipinski definition) is 0.